The summed E-state index contributed by atoms with van der Waals surface area (Å²) in [6.07, 6.45) is -8.48. The van der Waals surface area contributed by atoms with Crippen molar-refractivity contribution < 1.29 is 55.6 Å². The number of nitrogens with zero attached hydrogens (tertiary/aromatic N) is 4. The number of ether oxygens (including phenoxy) is 2. The second kappa shape index (κ2) is 12.5. The van der Waals surface area contributed by atoms with E-state index in [1.807, 2.05) is 6.07 Å². The van der Waals surface area contributed by atoms with E-state index in [2.05, 4.69) is 44.2 Å². The molecule has 2 aliphatic rings. The summed E-state index contributed by atoms with van der Waals surface area (Å²) in [5, 5.41) is 17.6. The van der Waals surface area contributed by atoms with Crippen molar-refractivity contribution in [1.82, 2.24) is 14.9 Å². The third-order valence-electron chi connectivity index (χ3n) is 5.64. The number of hydrogen-bond donors (Lipinski definition) is 2. The molecule has 0 radical (unpaired) electrons. The van der Waals surface area contributed by atoms with Crippen molar-refractivity contribution in [2.24, 2.45) is 0 Å². The van der Waals surface area contributed by atoms with Gasteiger partial charge in [-0.25, -0.2) is 19.6 Å². The van der Waals surface area contributed by atoms with Crippen LogP contribution in [0.15, 0.2) is 29.9 Å². The van der Waals surface area contributed by atoms with Gasteiger partial charge < -0.3 is 29.5 Å². The number of aliphatic carboxylic acids is 2. The molecule has 5 rings (SSSR count). The zero-order valence-corrected chi connectivity index (χ0v) is 21.4. The van der Waals surface area contributed by atoms with Gasteiger partial charge in [-0.15, -0.1) is 11.3 Å². The molecule has 40 heavy (non-hydrogen) atoms. The number of benzene rings is 1. The fourth-order valence-corrected chi connectivity index (χ4v) is 4.56. The minimum absolute atomic E-state index is 0.291. The SMILES string of the molecule is CCN1CCN(c2ncnc3scc(-c4ccc5c(c4)OCO5)c23)CC1.O=C(O)C(F)(F)F.O=C(O)C(F)(F)F. The zero-order valence-electron chi connectivity index (χ0n) is 20.6. The molecule has 10 nitrogen and oxygen atoms in total. The normalized spacial score (nSPS) is 15.1. The fourth-order valence-electron chi connectivity index (χ4n) is 3.65. The van der Waals surface area contributed by atoms with E-state index in [1.165, 1.54) is 0 Å². The minimum Gasteiger partial charge on any atom is -0.475 e. The van der Waals surface area contributed by atoms with Gasteiger partial charge in [0.2, 0.25) is 6.79 Å². The molecule has 1 fully saturated rings. The first-order valence-electron chi connectivity index (χ1n) is 11.4. The molecule has 17 heteroatoms. The largest absolute Gasteiger partial charge is 0.490 e. The van der Waals surface area contributed by atoms with E-state index in [4.69, 9.17) is 29.3 Å². The van der Waals surface area contributed by atoms with Crippen LogP contribution in [-0.2, 0) is 9.59 Å². The number of piperazine rings is 1. The number of rotatable bonds is 3. The Morgan fingerprint density at radius 1 is 0.950 bits per heavy atom. The van der Waals surface area contributed by atoms with Crippen LogP contribution in [0.1, 0.15) is 6.92 Å². The number of fused-ring (bicyclic) bond motifs is 2. The van der Waals surface area contributed by atoms with Crippen LogP contribution in [-0.4, -0.2) is 88.9 Å². The lowest BCUT2D eigenvalue weighted by Crippen LogP contribution is -2.46. The highest BCUT2D eigenvalue weighted by Crippen LogP contribution is 2.42. The molecule has 0 aliphatic carbocycles. The van der Waals surface area contributed by atoms with Crippen LogP contribution >= 0.6 is 11.3 Å². The molecule has 0 saturated carbocycles. The number of aromatic nitrogens is 2. The van der Waals surface area contributed by atoms with Crippen LogP contribution in [0.5, 0.6) is 11.5 Å². The molecule has 0 amide bonds. The Balaban J connectivity index is 0.000000263. The molecular weight excluding hydrogens is 574 g/mol. The van der Waals surface area contributed by atoms with Gasteiger partial charge in [-0.2, -0.15) is 26.3 Å². The summed E-state index contributed by atoms with van der Waals surface area (Å²) in [4.78, 5) is 32.8. The highest BCUT2D eigenvalue weighted by atomic mass is 32.1. The van der Waals surface area contributed by atoms with Crippen molar-refractivity contribution in [2.75, 3.05) is 44.4 Å². The maximum atomic E-state index is 10.6. The third kappa shape index (κ3) is 7.62. The van der Waals surface area contributed by atoms with Gasteiger partial charge in [0.1, 0.15) is 17.0 Å². The summed E-state index contributed by atoms with van der Waals surface area (Å²) >= 11 is 1.67. The second-order valence-corrected chi connectivity index (χ2v) is 8.98. The quantitative estimate of drug-likeness (QED) is 0.418. The highest BCUT2D eigenvalue weighted by molar-refractivity contribution is 7.17. The third-order valence-corrected chi connectivity index (χ3v) is 6.52. The first-order valence-corrected chi connectivity index (χ1v) is 12.3. The van der Waals surface area contributed by atoms with Gasteiger partial charge in [0.15, 0.2) is 11.5 Å². The molecule has 3 aromatic rings. The maximum Gasteiger partial charge on any atom is 0.490 e. The van der Waals surface area contributed by atoms with Crippen molar-refractivity contribution >= 4 is 39.3 Å². The average molecular weight is 597 g/mol. The number of alkyl halides is 6. The predicted molar refractivity (Wildman–Crippen MR) is 131 cm³/mol. The molecule has 0 spiro atoms. The van der Waals surface area contributed by atoms with Gasteiger partial charge >= 0.3 is 24.3 Å². The Morgan fingerprint density at radius 3 is 2.08 bits per heavy atom. The molecule has 218 valence electrons. The molecule has 2 aliphatic heterocycles. The van der Waals surface area contributed by atoms with Crippen LogP contribution in [0.25, 0.3) is 21.3 Å². The molecular formula is C23H22F6N4O6S. The summed E-state index contributed by atoms with van der Waals surface area (Å²) in [7, 11) is 0. The van der Waals surface area contributed by atoms with Crippen LogP contribution in [0.3, 0.4) is 0 Å². The first-order chi connectivity index (χ1) is 18.7. The number of carboxylic acids is 2. The second-order valence-electron chi connectivity index (χ2n) is 8.12. The van der Waals surface area contributed by atoms with E-state index in [9.17, 15) is 26.3 Å². The van der Waals surface area contributed by atoms with Gasteiger partial charge in [0.05, 0.1) is 5.39 Å². The number of carboxylic acid groups (broad SMARTS) is 2. The smallest absolute Gasteiger partial charge is 0.475 e. The number of carbonyl (C=O) groups is 2. The van der Waals surface area contributed by atoms with Crippen molar-refractivity contribution in [3.8, 4) is 22.6 Å². The number of likely N-dealkylation sites (N-methyl/N-ethyl adjacent to an activating group) is 1. The Hall–Kier alpha value is -3.86. The Labute approximate surface area is 226 Å². The van der Waals surface area contributed by atoms with E-state index in [-0.39, 0.29) is 0 Å². The molecule has 1 aromatic carbocycles. The van der Waals surface area contributed by atoms with E-state index in [0.717, 1.165) is 71.4 Å². The highest BCUT2D eigenvalue weighted by Gasteiger charge is 2.38. The summed E-state index contributed by atoms with van der Waals surface area (Å²) in [5.74, 6) is -2.86. The molecule has 2 N–H and O–H groups in total. The summed E-state index contributed by atoms with van der Waals surface area (Å²) in [6.45, 7) is 7.76. The maximum absolute atomic E-state index is 10.6. The molecule has 0 atom stereocenters. The topological polar surface area (TPSA) is 125 Å². The summed E-state index contributed by atoms with van der Waals surface area (Å²) in [5.41, 5.74) is 2.28. The van der Waals surface area contributed by atoms with Gasteiger partial charge in [0.25, 0.3) is 0 Å². The molecule has 0 bridgehead atoms. The standard InChI is InChI=1S/C19H20N4O2S.2C2HF3O2/c1-2-22-5-7-23(8-6-22)18-17-14(10-26-19(17)21-11-20-18)13-3-4-15-16(9-13)25-12-24-15;2*3-2(4,5)1(6)7/h3-4,9-11H,2,5-8,12H2,1H3;2*(H,6,7). The monoisotopic (exact) mass is 596 g/mol. The number of thiophene rings is 1. The van der Waals surface area contributed by atoms with E-state index in [1.54, 1.807) is 17.7 Å². The van der Waals surface area contributed by atoms with Gasteiger partial charge in [-0.3, -0.25) is 0 Å². The van der Waals surface area contributed by atoms with Crippen LogP contribution in [0.2, 0.25) is 0 Å². The lowest BCUT2D eigenvalue weighted by atomic mass is 10.0. The van der Waals surface area contributed by atoms with Crippen LogP contribution in [0.4, 0.5) is 32.2 Å². The van der Waals surface area contributed by atoms with Gasteiger partial charge in [-0.05, 0) is 24.2 Å². The fraction of sp³-hybridized carbons (Fsp3) is 0.391. The van der Waals surface area contributed by atoms with Crippen LogP contribution < -0.4 is 14.4 Å². The lowest BCUT2D eigenvalue weighted by Gasteiger charge is -2.35. The lowest BCUT2D eigenvalue weighted by molar-refractivity contribution is -0.193. The zero-order chi connectivity index (χ0) is 29.7. The average Bonchev–Trinajstić information content (AvgIpc) is 3.55. The Kier molecular flexibility index (Phi) is 9.62. The van der Waals surface area contributed by atoms with E-state index >= 15 is 0 Å². The molecule has 2 aromatic heterocycles. The van der Waals surface area contributed by atoms with Crippen molar-refractivity contribution in [1.29, 1.82) is 0 Å². The Bertz CT molecular complexity index is 1320. The molecule has 4 heterocycles. The van der Waals surface area contributed by atoms with Gasteiger partial charge in [-0.1, -0.05) is 13.0 Å². The van der Waals surface area contributed by atoms with E-state index < -0.39 is 24.3 Å². The summed E-state index contributed by atoms with van der Waals surface area (Å²) < 4.78 is 74.5. The van der Waals surface area contributed by atoms with E-state index in [0.29, 0.717) is 6.79 Å². The number of halogens is 6. The van der Waals surface area contributed by atoms with Crippen LogP contribution in [0, 0.1) is 0 Å². The van der Waals surface area contributed by atoms with Crippen molar-refractivity contribution in [3.63, 3.8) is 0 Å². The van der Waals surface area contributed by atoms with Crippen molar-refractivity contribution in [3.05, 3.63) is 29.9 Å². The molecule has 0 unspecified atom stereocenters. The Morgan fingerprint density at radius 2 is 1.52 bits per heavy atom. The van der Waals surface area contributed by atoms with Gasteiger partial charge in [0, 0.05) is 37.1 Å². The number of anilines is 1. The van der Waals surface area contributed by atoms with Crippen molar-refractivity contribution in [2.45, 2.75) is 19.3 Å². The minimum atomic E-state index is -5.08. The number of hydrogen-bond acceptors (Lipinski definition) is 9. The molecule has 1 saturated heterocycles. The predicted octanol–water partition coefficient (Wildman–Crippen LogP) is 4.50. The summed E-state index contributed by atoms with van der Waals surface area (Å²) in [6, 6.07) is 6.11. The first kappa shape index (κ1) is 30.7.